The van der Waals surface area contributed by atoms with Gasteiger partial charge < -0.3 is 10.6 Å². The summed E-state index contributed by atoms with van der Waals surface area (Å²) in [4.78, 5) is 11.8. The summed E-state index contributed by atoms with van der Waals surface area (Å²) in [5, 5.41) is 5.44. The Hall–Kier alpha value is -2.50. The van der Waals surface area contributed by atoms with Crippen molar-refractivity contribution in [3.05, 3.63) is 65.7 Å². The molecule has 3 nitrogen and oxygen atoms in total. The van der Waals surface area contributed by atoms with Crippen molar-refractivity contribution in [2.24, 2.45) is 0 Å². The SMILES string of the molecule is CC(Cc1ccc(C(F)(F)F)cc1)NC(=O)Nc1ccccc1. The van der Waals surface area contributed by atoms with E-state index in [0.29, 0.717) is 12.1 Å². The number of halogens is 3. The molecule has 0 aliphatic carbocycles. The van der Waals surface area contributed by atoms with E-state index in [1.54, 1.807) is 31.2 Å². The average Bonchev–Trinajstić information content (AvgIpc) is 2.47. The molecule has 122 valence electrons. The number of alkyl halides is 3. The van der Waals surface area contributed by atoms with Crippen LogP contribution in [0.2, 0.25) is 0 Å². The van der Waals surface area contributed by atoms with Crippen molar-refractivity contribution in [2.75, 3.05) is 5.32 Å². The van der Waals surface area contributed by atoms with Gasteiger partial charge in [0, 0.05) is 11.7 Å². The lowest BCUT2D eigenvalue weighted by molar-refractivity contribution is -0.137. The van der Waals surface area contributed by atoms with Crippen LogP contribution in [-0.2, 0) is 12.6 Å². The van der Waals surface area contributed by atoms with Crippen molar-refractivity contribution in [3.8, 4) is 0 Å². The molecule has 0 bridgehead atoms. The van der Waals surface area contributed by atoms with Crippen LogP contribution < -0.4 is 10.6 Å². The summed E-state index contributed by atoms with van der Waals surface area (Å²) in [6, 6.07) is 13.4. The third-order valence-electron chi connectivity index (χ3n) is 3.23. The Labute approximate surface area is 132 Å². The molecule has 0 spiro atoms. The second-order valence-corrected chi connectivity index (χ2v) is 5.26. The number of benzene rings is 2. The van der Waals surface area contributed by atoms with Gasteiger partial charge in [0.15, 0.2) is 0 Å². The monoisotopic (exact) mass is 322 g/mol. The summed E-state index contributed by atoms with van der Waals surface area (Å²) in [6.07, 6.45) is -3.89. The van der Waals surface area contributed by atoms with E-state index in [9.17, 15) is 18.0 Å². The summed E-state index contributed by atoms with van der Waals surface area (Å²) < 4.78 is 37.5. The van der Waals surface area contributed by atoms with Gasteiger partial charge in [-0.25, -0.2) is 4.79 Å². The molecule has 1 atom stereocenters. The van der Waals surface area contributed by atoms with Crippen LogP contribution in [0.4, 0.5) is 23.7 Å². The van der Waals surface area contributed by atoms with Crippen LogP contribution in [0.1, 0.15) is 18.1 Å². The minimum Gasteiger partial charge on any atom is -0.335 e. The summed E-state index contributed by atoms with van der Waals surface area (Å²) in [5.41, 5.74) is 0.723. The highest BCUT2D eigenvalue weighted by molar-refractivity contribution is 5.89. The number of hydrogen-bond acceptors (Lipinski definition) is 1. The van der Waals surface area contributed by atoms with Crippen LogP contribution in [-0.4, -0.2) is 12.1 Å². The van der Waals surface area contributed by atoms with Gasteiger partial charge in [0.2, 0.25) is 0 Å². The van der Waals surface area contributed by atoms with Crippen molar-refractivity contribution in [1.29, 1.82) is 0 Å². The van der Waals surface area contributed by atoms with Crippen molar-refractivity contribution in [2.45, 2.75) is 25.6 Å². The molecule has 0 aliphatic rings. The highest BCUT2D eigenvalue weighted by Gasteiger charge is 2.29. The highest BCUT2D eigenvalue weighted by atomic mass is 19.4. The molecule has 0 saturated heterocycles. The molecule has 0 aliphatic heterocycles. The number of hydrogen-bond donors (Lipinski definition) is 2. The Kier molecular flexibility index (Phi) is 5.26. The Bertz CT molecular complexity index is 639. The van der Waals surface area contributed by atoms with Gasteiger partial charge in [0.1, 0.15) is 0 Å². The summed E-state index contributed by atoms with van der Waals surface area (Å²) in [6.45, 7) is 1.79. The topological polar surface area (TPSA) is 41.1 Å². The largest absolute Gasteiger partial charge is 0.416 e. The highest BCUT2D eigenvalue weighted by Crippen LogP contribution is 2.29. The fourth-order valence-electron chi connectivity index (χ4n) is 2.15. The van der Waals surface area contributed by atoms with Crippen molar-refractivity contribution in [3.63, 3.8) is 0 Å². The molecule has 23 heavy (non-hydrogen) atoms. The van der Waals surface area contributed by atoms with E-state index in [2.05, 4.69) is 10.6 Å². The zero-order valence-electron chi connectivity index (χ0n) is 12.5. The molecule has 2 rings (SSSR count). The number of carbonyl (C=O) groups is 1. The van der Waals surface area contributed by atoms with Crippen LogP contribution >= 0.6 is 0 Å². The summed E-state index contributed by atoms with van der Waals surface area (Å²) in [5.74, 6) is 0. The molecular weight excluding hydrogens is 305 g/mol. The maximum absolute atomic E-state index is 12.5. The number of urea groups is 1. The van der Waals surface area contributed by atoms with Gasteiger partial charge in [-0.1, -0.05) is 30.3 Å². The van der Waals surface area contributed by atoms with E-state index in [1.807, 2.05) is 6.07 Å². The van der Waals surface area contributed by atoms with Gasteiger partial charge in [-0.2, -0.15) is 13.2 Å². The van der Waals surface area contributed by atoms with E-state index in [1.165, 1.54) is 12.1 Å². The lowest BCUT2D eigenvalue weighted by Crippen LogP contribution is -2.37. The van der Waals surface area contributed by atoms with Crippen LogP contribution in [0.15, 0.2) is 54.6 Å². The lowest BCUT2D eigenvalue weighted by atomic mass is 10.1. The second-order valence-electron chi connectivity index (χ2n) is 5.26. The second kappa shape index (κ2) is 7.17. The Morgan fingerprint density at radius 3 is 2.22 bits per heavy atom. The zero-order valence-corrected chi connectivity index (χ0v) is 12.5. The Morgan fingerprint density at radius 1 is 1.04 bits per heavy atom. The third-order valence-corrected chi connectivity index (χ3v) is 3.23. The number of nitrogens with one attached hydrogen (secondary N) is 2. The molecule has 0 saturated carbocycles. The first-order valence-electron chi connectivity index (χ1n) is 7.13. The maximum atomic E-state index is 12.5. The molecule has 0 aromatic heterocycles. The third kappa shape index (κ3) is 5.32. The number of rotatable bonds is 4. The van der Waals surface area contributed by atoms with Gasteiger partial charge >= 0.3 is 12.2 Å². The minimum absolute atomic E-state index is 0.213. The predicted molar refractivity (Wildman–Crippen MR) is 83.2 cm³/mol. The smallest absolute Gasteiger partial charge is 0.335 e. The quantitative estimate of drug-likeness (QED) is 0.857. The summed E-state index contributed by atoms with van der Waals surface area (Å²) >= 11 is 0. The molecule has 2 amide bonds. The van der Waals surface area contributed by atoms with Crippen LogP contribution in [0.5, 0.6) is 0 Å². The zero-order chi connectivity index (χ0) is 16.9. The molecule has 0 radical (unpaired) electrons. The van der Waals surface area contributed by atoms with Gasteiger partial charge in [-0.05, 0) is 43.2 Å². The van der Waals surface area contributed by atoms with Crippen molar-refractivity contribution in [1.82, 2.24) is 5.32 Å². The fourth-order valence-corrected chi connectivity index (χ4v) is 2.15. The predicted octanol–water partition coefficient (Wildman–Crippen LogP) is 4.46. The lowest BCUT2D eigenvalue weighted by Gasteiger charge is -2.15. The molecule has 2 aromatic carbocycles. The van der Waals surface area contributed by atoms with Crippen LogP contribution in [0, 0.1) is 0 Å². The van der Waals surface area contributed by atoms with Gasteiger partial charge in [0.05, 0.1) is 5.56 Å². The Morgan fingerprint density at radius 2 is 1.65 bits per heavy atom. The van der Waals surface area contributed by atoms with Crippen LogP contribution in [0.3, 0.4) is 0 Å². The fraction of sp³-hybridized carbons (Fsp3) is 0.235. The first-order valence-corrected chi connectivity index (χ1v) is 7.13. The minimum atomic E-state index is -4.34. The number of amides is 2. The molecule has 6 heteroatoms. The van der Waals surface area contributed by atoms with Crippen LogP contribution in [0.25, 0.3) is 0 Å². The van der Waals surface area contributed by atoms with E-state index >= 15 is 0 Å². The first-order chi connectivity index (χ1) is 10.8. The number of carbonyl (C=O) groups excluding carboxylic acids is 1. The molecule has 0 heterocycles. The van der Waals surface area contributed by atoms with E-state index in [4.69, 9.17) is 0 Å². The first kappa shape index (κ1) is 16.9. The van der Waals surface area contributed by atoms with Gasteiger partial charge in [-0.3, -0.25) is 0 Å². The van der Waals surface area contributed by atoms with Gasteiger partial charge in [-0.15, -0.1) is 0 Å². The summed E-state index contributed by atoms with van der Waals surface area (Å²) in [7, 11) is 0. The maximum Gasteiger partial charge on any atom is 0.416 e. The van der Waals surface area contributed by atoms with E-state index in [0.717, 1.165) is 17.7 Å². The standard InChI is InChI=1S/C17H17F3N2O/c1-12(21-16(23)22-15-5-3-2-4-6-15)11-13-7-9-14(10-8-13)17(18,19)20/h2-10,12H,11H2,1H3,(H2,21,22,23). The number of para-hydroxylation sites is 1. The van der Waals surface area contributed by atoms with E-state index < -0.39 is 11.7 Å². The normalized spacial score (nSPS) is 12.5. The Balaban J connectivity index is 1.87. The molecule has 2 aromatic rings. The van der Waals surface area contributed by atoms with Gasteiger partial charge in [0.25, 0.3) is 0 Å². The molecular formula is C17H17F3N2O. The number of anilines is 1. The average molecular weight is 322 g/mol. The van der Waals surface area contributed by atoms with Crippen molar-refractivity contribution >= 4 is 11.7 Å². The molecule has 1 unspecified atom stereocenters. The molecule has 0 fully saturated rings. The van der Waals surface area contributed by atoms with Crippen molar-refractivity contribution < 1.29 is 18.0 Å². The van der Waals surface area contributed by atoms with E-state index in [-0.39, 0.29) is 12.1 Å². The molecule has 2 N–H and O–H groups in total.